The lowest BCUT2D eigenvalue weighted by molar-refractivity contribution is -0.00816. The first-order chi connectivity index (χ1) is 10.4. The Balaban J connectivity index is 1.67. The second-order valence-corrected chi connectivity index (χ2v) is 4.66. The van der Waals surface area contributed by atoms with Crippen molar-refractivity contribution < 1.29 is 23.7 Å². The largest absolute Gasteiger partial charge is 0.382 e. The van der Waals surface area contributed by atoms with Crippen LogP contribution in [-0.2, 0) is 23.7 Å². The second-order valence-electron chi connectivity index (χ2n) is 4.66. The molecule has 0 saturated heterocycles. The Hall–Kier alpha value is -0.720. The fourth-order valence-electron chi connectivity index (χ4n) is 1.79. The first-order valence-corrected chi connectivity index (χ1v) is 7.58. The van der Waals surface area contributed by atoms with Crippen molar-refractivity contribution in [2.24, 2.45) is 5.92 Å². The smallest absolute Gasteiger partial charge is 0.0701 e. The fourth-order valence-corrected chi connectivity index (χ4v) is 1.79. The van der Waals surface area contributed by atoms with E-state index in [9.17, 15) is 0 Å². The van der Waals surface area contributed by atoms with Crippen molar-refractivity contribution in [1.29, 1.82) is 0 Å². The number of hydrogen-bond acceptors (Lipinski definition) is 5. The molecular formula is C16H28O5. The molecule has 0 aromatic rings. The molecule has 0 saturated carbocycles. The highest BCUT2D eigenvalue weighted by Crippen LogP contribution is 2.12. The third kappa shape index (κ3) is 11.6. The van der Waals surface area contributed by atoms with Gasteiger partial charge in [0, 0.05) is 13.7 Å². The van der Waals surface area contributed by atoms with Gasteiger partial charge in [0.25, 0.3) is 0 Å². The third-order valence-electron chi connectivity index (χ3n) is 2.97. The first-order valence-electron chi connectivity index (χ1n) is 7.58. The Bertz CT molecular complexity index is 266. The summed E-state index contributed by atoms with van der Waals surface area (Å²) in [6.45, 7) is 5.63. The van der Waals surface area contributed by atoms with E-state index in [1.165, 1.54) is 0 Å². The van der Waals surface area contributed by atoms with Crippen LogP contribution in [-0.4, -0.2) is 66.6 Å². The topological polar surface area (TPSA) is 46.2 Å². The van der Waals surface area contributed by atoms with Crippen LogP contribution < -0.4 is 0 Å². The molecule has 0 fully saturated rings. The Morgan fingerprint density at radius 1 is 0.619 bits per heavy atom. The van der Waals surface area contributed by atoms with Crippen LogP contribution in [0.15, 0.2) is 24.3 Å². The molecule has 1 rings (SSSR count). The summed E-state index contributed by atoms with van der Waals surface area (Å²) in [5.74, 6) is 0.547. The first kappa shape index (κ1) is 18.3. The summed E-state index contributed by atoms with van der Waals surface area (Å²) in [5, 5.41) is 0. The van der Waals surface area contributed by atoms with E-state index in [1.54, 1.807) is 7.11 Å². The molecule has 0 aromatic carbocycles. The van der Waals surface area contributed by atoms with Crippen molar-refractivity contribution >= 4 is 0 Å². The highest BCUT2D eigenvalue weighted by Gasteiger charge is 2.02. The molecule has 21 heavy (non-hydrogen) atoms. The van der Waals surface area contributed by atoms with E-state index < -0.39 is 0 Å². The molecule has 1 aliphatic carbocycles. The number of rotatable bonds is 15. The average molecular weight is 300 g/mol. The van der Waals surface area contributed by atoms with Gasteiger partial charge in [0.2, 0.25) is 0 Å². The van der Waals surface area contributed by atoms with Gasteiger partial charge in [-0.15, -0.1) is 0 Å². The van der Waals surface area contributed by atoms with Crippen LogP contribution in [0.4, 0.5) is 0 Å². The van der Waals surface area contributed by atoms with Crippen LogP contribution in [0.3, 0.4) is 0 Å². The molecule has 0 unspecified atom stereocenters. The Morgan fingerprint density at radius 2 is 1.05 bits per heavy atom. The lowest BCUT2D eigenvalue weighted by atomic mass is 10.1. The molecule has 0 spiro atoms. The van der Waals surface area contributed by atoms with Crippen molar-refractivity contribution in [3.8, 4) is 0 Å². The lowest BCUT2D eigenvalue weighted by Gasteiger charge is -2.08. The zero-order valence-electron chi connectivity index (χ0n) is 13.0. The Kier molecular flexibility index (Phi) is 12.4. The van der Waals surface area contributed by atoms with Gasteiger partial charge in [-0.3, -0.25) is 0 Å². The predicted molar refractivity (Wildman–Crippen MR) is 81.5 cm³/mol. The van der Waals surface area contributed by atoms with Gasteiger partial charge in [0.15, 0.2) is 0 Å². The van der Waals surface area contributed by atoms with E-state index in [2.05, 4.69) is 24.3 Å². The van der Waals surface area contributed by atoms with Crippen molar-refractivity contribution in [2.75, 3.05) is 66.6 Å². The van der Waals surface area contributed by atoms with Gasteiger partial charge < -0.3 is 23.7 Å². The van der Waals surface area contributed by atoms with Gasteiger partial charge >= 0.3 is 0 Å². The minimum atomic E-state index is 0.547. The zero-order chi connectivity index (χ0) is 15.0. The maximum atomic E-state index is 5.51. The highest BCUT2D eigenvalue weighted by atomic mass is 16.6. The summed E-state index contributed by atoms with van der Waals surface area (Å²) >= 11 is 0. The standard InChI is InChI=1S/C16H28O5/c1-17-8-9-19-12-13-21-15-14-20-11-10-18-7-6-16-4-2-3-5-16/h2-5,16H,6-15H2,1H3. The van der Waals surface area contributed by atoms with Crippen molar-refractivity contribution in [3.63, 3.8) is 0 Å². The normalized spacial score (nSPS) is 14.3. The average Bonchev–Trinajstić information content (AvgIpc) is 3.01. The molecule has 0 aliphatic heterocycles. The molecule has 0 heterocycles. The molecular weight excluding hydrogens is 272 g/mol. The van der Waals surface area contributed by atoms with Crippen LogP contribution in [0.2, 0.25) is 0 Å². The van der Waals surface area contributed by atoms with E-state index in [0.717, 1.165) is 13.0 Å². The van der Waals surface area contributed by atoms with Gasteiger partial charge in [-0.1, -0.05) is 24.3 Å². The van der Waals surface area contributed by atoms with Gasteiger partial charge in [-0.25, -0.2) is 0 Å². The monoisotopic (exact) mass is 300 g/mol. The number of allylic oxidation sites excluding steroid dienone is 4. The van der Waals surface area contributed by atoms with E-state index >= 15 is 0 Å². The molecule has 0 N–H and O–H groups in total. The summed E-state index contributed by atoms with van der Waals surface area (Å²) in [5.41, 5.74) is 0. The lowest BCUT2D eigenvalue weighted by Crippen LogP contribution is -2.13. The van der Waals surface area contributed by atoms with E-state index in [0.29, 0.717) is 58.8 Å². The fraction of sp³-hybridized carbons (Fsp3) is 0.750. The van der Waals surface area contributed by atoms with Crippen molar-refractivity contribution in [1.82, 2.24) is 0 Å². The molecule has 5 heteroatoms. The van der Waals surface area contributed by atoms with Crippen molar-refractivity contribution in [2.45, 2.75) is 6.42 Å². The molecule has 0 amide bonds. The predicted octanol–water partition coefficient (Wildman–Crippen LogP) is 1.83. The van der Waals surface area contributed by atoms with Gasteiger partial charge in [-0.2, -0.15) is 0 Å². The van der Waals surface area contributed by atoms with Crippen LogP contribution >= 0.6 is 0 Å². The van der Waals surface area contributed by atoms with Crippen LogP contribution in [0.1, 0.15) is 6.42 Å². The summed E-state index contributed by atoms with van der Waals surface area (Å²) in [4.78, 5) is 0. The van der Waals surface area contributed by atoms with Gasteiger partial charge in [0.1, 0.15) is 0 Å². The van der Waals surface area contributed by atoms with Gasteiger partial charge in [0.05, 0.1) is 52.9 Å². The summed E-state index contributed by atoms with van der Waals surface area (Å²) in [7, 11) is 1.66. The Morgan fingerprint density at radius 3 is 1.52 bits per heavy atom. The van der Waals surface area contributed by atoms with Crippen molar-refractivity contribution in [3.05, 3.63) is 24.3 Å². The number of hydrogen-bond donors (Lipinski definition) is 0. The molecule has 1 aliphatic rings. The van der Waals surface area contributed by atoms with E-state index in [-0.39, 0.29) is 0 Å². The molecule has 0 atom stereocenters. The number of methoxy groups -OCH3 is 1. The minimum Gasteiger partial charge on any atom is -0.382 e. The molecule has 0 aromatic heterocycles. The third-order valence-corrected chi connectivity index (χ3v) is 2.97. The quantitative estimate of drug-likeness (QED) is 0.432. The van der Waals surface area contributed by atoms with E-state index in [4.69, 9.17) is 23.7 Å². The number of ether oxygens (including phenoxy) is 5. The summed E-state index contributed by atoms with van der Waals surface area (Å²) < 4.78 is 26.4. The highest BCUT2D eigenvalue weighted by molar-refractivity contribution is 5.17. The molecule has 5 nitrogen and oxygen atoms in total. The second kappa shape index (κ2) is 14.2. The summed E-state index contributed by atoms with van der Waals surface area (Å²) in [6, 6.07) is 0. The van der Waals surface area contributed by atoms with E-state index in [1.807, 2.05) is 0 Å². The Labute approximate surface area is 127 Å². The van der Waals surface area contributed by atoms with Crippen LogP contribution in [0.5, 0.6) is 0 Å². The van der Waals surface area contributed by atoms with Crippen LogP contribution in [0, 0.1) is 5.92 Å². The summed E-state index contributed by atoms with van der Waals surface area (Å²) in [6.07, 6.45) is 9.58. The maximum Gasteiger partial charge on any atom is 0.0701 e. The van der Waals surface area contributed by atoms with Crippen LogP contribution in [0.25, 0.3) is 0 Å². The minimum absolute atomic E-state index is 0.547. The maximum absolute atomic E-state index is 5.51. The molecule has 0 bridgehead atoms. The SMILES string of the molecule is COCCOCCOCCOCCOCCC1C=CC=C1. The molecule has 0 radical (unpaired) electrons. The molecule has 122 valence electrons. The zero-order valence-corrected chi connectivity index (χ0v) is 13.0. The van der Waals surface area contributed by atoms with Gasteiger partial charge in [-0.05, 0) is 12.3 Å².